The van der Waals surface area contributed by atoms with Gasteiger partial charge in [0.2, 0.25) is 0 Å². The van der Waals surface area contributed by atoms with Crippen molar-refractivity contribution in [2.45, 2.75) is 0 Å². The number of fused-ring (bicyclic) bond motifs is 1. The molecule has 2 N–H and O–H groups in total. The molecule has 158 valence electrons. The van der Waals surface area contributed by atoms with Crippen LogP contribution in [0.25, 0.3) is 22.6 Å². The summed E-state index contributed by atoms with van der Waals surface area (Å²) in [4.78, 5) is 27.1. The van der Waals surface area contributed by atoms with Crippen LogP contribution >= 0.6 is 0 Å². The molecule has 31 heavy (non-hydrogen) atoms. The molecule has 1 saturated heterocycles. The van der Waals surface area contributed by atoms with E-state index in [1.165, 1.54) is 0 Å². The quantitative estimate of drug-likeness (QED) is 0.500. The highest BCUT2D eigenvalue weighted by molar-refractivity contribution is 6.03. The molecule has 0 saturated carbocycles. The fraction of sp³-hybridized carbons (Fsp3) is 0.273. The van der Waals surface area contributed by atoms with E-state index in [1.54, 1.807) is 30.1 Å². The van der Waals surface area contributed by atoms with Crippen LogP contribution in [0.2, 0.25) is 0 Å². The largest absolute Gasteiger partial charge is 0.384 e. The van der Waals surface area contributed by atoms with Gasteiger partial charge in [-0.05, 0) is 24.3 Å². The monoisotopic (exact) mass is 417 g/mol. The number of nitrogens with zero attached hydrogens (tertiary/aromatic N) is 5. The van der Waals surface area contributed by atoms with Crippen LogP contribution in [0.4, 0.5) is 11.6 Å². The zero-order chi connectivity index (χ0) is 21.4. The number of benzene rings is 1. The fourth-order valence-electron chi connectivity index (χ4n) is 3.82. The molecule has 4 aromatic rings. The van der Waals surface area contributed by atoms with Gasteiger partial charge in [-0.3, -0.25) is 9.48 Å². The Balaban J connectivity index is 1.27. The second kappa shape index (κ2) is 7.84. The number of aromatic amines is 1. The molecule has 3 aromatic heterocycles. The standard InChI is InChI=1S/C22H23N7O2/c1-28-18(21-24-16-5-3-4-6-17(16)25-21)9-19(27-28)26-22(30)15-7-8-20(23-10-15)29-11-14(12-29)13-31-2/h3-10,14H,11-13H2,1-2H3,(H,24,25)(H,26,27,30). The molecule has 0 bridgehead atoms. The van der Waals surface area contributed by atoms with Crippen LogP contribution in [-0.2, 0) is 11.8 Å². The number of hydrogen-bond acceptors (Lipinski definition) is 6. The number of H-pyrrole nitrogens is 1. The van der Waals surface area contributed by atoms with Gasteiger partial charge in [-0.15, -0.1) is 0 Å². The maximum absolute atomic E-state index is 12.7. The first-order valence-corrected chi connectivity index (χ1v) is 10.1. The lowest BCUT2D eigenvalue weighted by molar-refractivity contribution is 0.102. The van der Waals surface area contributed by atoms with Crippen molar-refractivity contribution < 1.29 is 9.53 Å². The van der Waals surface area contributed by atoms with E-state index in [-0.39, 0.29) is 5.91 Å². The molecule has 0 atom stereocenters. The number of para-hydroxylation sites is 2. The molecule has 1 aromatic carbocycles. The van der Waals surface area contributed by atoms with E-state index in [2.05, 4.69) is 30.3 Å². The molecule has 4 heterocycles. The summed E-state index contributed by atoms with van der Waals surface area (Å²) in [5.41, 5.74) is 3.09. The van der Waals surface area contributed by atoms with Crippen molar-refractivity contribution in [3.05, 3.63) is 54.2 Å². The van der Waals surface area contributed by atoms with Crippen molar-refractivity contribution >= 4 is 28.6 Å². The fourth-order valence-corrected chi connectivity index (χ4v) is 3.82. The smallest absolute Gasteiger partial charge is 0.258 e. The van der Waals surface area contributed by atoms with Gasteiger partial charge in [0.25, 0.3) is 5.91 Å². The summed E-state index contributed by atoms with van der Waals surface area (Å²) in [7, 11) is 3.54. The number of amides is 1. The topological polar surface area (TPSA) is 101 Å². The number of aryl methyl sites for hydroxylation is 1. The molecule has 0 unspecified atom stereocenters. The van der Waals surface area contributed by atoms with Crippen LogP contribution < -0.4 is 10.2 Å². The van der Waals surface area contributed by atoms with Crippen molar-refractivity contribution in [1.29, 1.82) is 0 Å². The third-order valence-electron chi connectivity index (χ3n) is 5.45. The average molecular weight is 417 g/mol. The molecular weight excluding hydrogens is 394 g/mol. The lowest BCUT2D eigenvalue weighted by atomic mass is 10.0. The molecule has 9 heteroatoms. The van der Waals surface area contributed by atoms with Crippen LogP contribution in [0.3, 0.4) is 0 Å². The first-order chi connectivity index (χ1) is 15.1. The maximum Gasteiger partial charge on any atom is 0.258 e. The minimum Gasteiger partial charge on any atom is -0.384 e. The van der Waals surface area contributed by atoms with E-state index in [0.717, 1.165) is 42.2 Å². The van der Waals surface area contributed by atoms with Crippen molar-refractivity contribution in [3.8, 4) is 11.5 Å². The Kier molecular flexibility index (Phi) is 4.87. The zero-order valence-electron chi connectivity index (χ0n) is 17.4. The highest BCUT2D eigenvalue weighted by Crippen LogP contribution is 2.24. The Morgan fingerprint density at radius 3 is 2.84 bits per heavy atom. The molecule has 9 nitrogen and oxygen atoms in total. The van der Waals surface area contributed by atoms with Crippen molar-refractivity contribution in [2.24, 2.45) is 13.0 Å². The summed E-state index contributed by atoms with van der Waals surface area (Å²) in [6, 6.07) is 13.3. The SMILES string of the molecule is COCC1CN(c2ccc(C(=O)Nc3cc(-c4nc5ccccc5[nH]4)n(C)n3)cn2)C1. The number of methoxy groups -OCH3 is 1. The summed E-state index contributed by atoms with van der Waals surface area (Å²) in [6.45, 7) is 2.60. The summed E-state index contributed by atoms with van der Waals surface area (Å²) in [5, 5.41) is 7.24. The van der Waals surface area contributed by atoms with Gasteiger partial charge in [-0.25, -0.2) is 9.97 Å². The molecule has 1 amide bonds. The summed E-state index contributed by atoms with van der Waals surface area (Å²) in [5.74, 6) is 2.31. The molecule has 1 fully saturated rings. The third kappa shape index (κ3) is 3.75. The van der Waals surface area contributed by atoms with E-state index >= 15 is 0 Å². The first-order valence-electron chi connectivity index (χ1n) is 10.1. The predicted molar refractivity (Wildman–Crippen MR) is 118 cm³/mol. The van der Waals surface area contributed by atoms with Crippen molar-refractivity contribution in [3.63, 3.8) is 0 Å². The number of carbonyl (C=O) groups excluding carboxylic acids is 1. The van der Waals surface area contributed by atoms with Crippen molar-refractivity contribution in [1.82, 2.24) is 24.7 Å². The van der Waals surface area contributed by atoms with Crippen LogP contribution in [0, 0.1) is 5.92 Å². The van der Waals surface area contributed by atoms with Gasteiger partial charge in [0.1, 0.15) is 11.5 Å². The number of imidazole rings is 1. The number of pyridine rings is 1. The van der Waals surface area contributed by atoms with E-state index in [0.29, 0.717) is 23.1 Å². The van der Waals surface area contributed by atoms with E-state index in [9.17, 15) is 4.79 Å². The highest BCUT2D eigenvalue weighted by Gasteiger charge is 2.27. The number of rotatable bonds is 6. The Bertz CT molecular complexity index is 1190. The van der Waals surface area contributed by atoms with Gasteiger partial charge in [0, 0.05) is 45.4 Å². The molecule has 0 radical (unpaired) electrons. The Hall–Kier alpha value is -3.72. The minimum atomic E-state index is -0.255. The number of anilines is 2. The lowest BCUT2D eigenvalue weighted by Crippen LogP contribution is -2.49. The number of aromatic nitrogens is 5. The molecule has 1 aliphatic heterocycles. The zero-order valence-corrected chi connectivity index (χ0v) is 17.4. The number of nitrogens with one attached hydrogen (secondary N) is 2. The highest BCUT2D eigenvalue weighted by atomic mass is 16.5. The Morgan fingerprint density at radius 1 is 1.26 bits per heavy atom. The molecule has 5 rings (SSSR count). The van der Waals surface area contributed by atoms with Gasteiger partial charge in [0.15, 0.2) is 11.6 Å². The number of ether oxygens (including phenoxy) is 1. The molecule has 1 aliphatic rings. The van der Waals surface area contributed by atoms with E-state index in [4.69, 9.17) is 4.74 Å². The summed E-state index contributed by atoms with van der Waals surface area (Å²) >= 11 is 0. The van der Waals surface area contributed by atoms with E-state index in [1.807, 2.05) is 37.4 Å². The van der Waals surface area contributed by atoms with Crippen molar-refractivity contribution in [2.75, 3.05) is 37.0 Å². The normalized spacial score (nSPS) is 14.1. The molecular formula is C22H23N7O2. The van der Waals surface area contributed by atoms with Gasteiger partial charge < -0.3 is 19.9 Å². The first kappa shape index (κ1) is 19.3. The third-order valence-corrected chi connectivity index (χ3v) is 5.45. The molecule has 0 aliphatic carbocycles. The van der Waals surface area contributed by atoms with Crippen LogP contribution in [0.15, 0.2) is 48.7 Å². The van der Waals surface area contributed by atoms with Gasteiger partial charge >= 0.3 is 0 Å². The number of hydrogen-bond donors (Lipinski definition) is 2. The Morgan fingerprint density at radius 2 is 2.10 bits per heavy atom. The Labute approximate surface area is 179 Å². The van der Waals surface area contributed by atoms with E-state index < -0.39 is 0 Å². The predicted octanol–water partition coefficient (Wildman–Crippen LogP) is 2.69. The molecule has 0 spiro atoms. The van der Waals surface area contributed by atoms with Crippen LogP contribution in [0.1, 0.15) is 10.4 Å². The summed E-state index contributed by atoms with van der Waals surface area (Å²) < 4.78 is 6.87. The van der Waals surface area contributed by atoms with Crippen LogP contribution in [0.5, 0.6) is 0 Å². The maximum atomic E-state index is 12.7. The lowest BCUT2D eigenvalue weighted by Gasteiger charge is -2.39. The second-order valence-electron chi connectivity index (χ2n) is 7.73. The van der Waals surface area contributed by atoms with Gasteiger partial charge in [-0.2, -0.15) is 5.10 Å². The average Bonchev–Trinajstić information content (AvgIpc) is 3.33. The minimum absolute atomic E-state index is 0.255. The second-order valence-corrected chi connectivity index (χ2v) is 7.73. The van der Waals surface area contributed by atoms with Crippen LogP contribution in [-0.4, -0.2) is 57.4 Å². The van der Waals surface area contributed by atoms with Gasteiger partial charge in [0.05, 0.1) is 23.2 Å². The number of carbonyl (C=O) groups is 1. The van der Waals surface area contributed by atoms with Gasteiger partial charge in [-0.1, -0.05) is 12.1 Å². The summed E-state index contributed by atoms with van der Waals surface area (Å²) in [6.07, 6.45) is 1.59.